The average molecular weight is 445 g/mol. The molecule has 0 heterocycles. The summed E-state index contributed by atoms with van der Waals surface area (Å²) in [6, 6.07) is 0. The zero-order valence-electron chi connectivity index (χ0n) is 17.3. The van der Waals surface area contributed by atoms with Gasteiger partial charge >= 0.3 is 27.3 Å². The van der Waals surface area contributed by atoms with Crippen molar-refractivity contribution >= 4 is 22.1 Å². The van der Waals surface area contributed by atoms with E-state index in [1.54, 1.807) is 0 Å². The molecule has 29 heavy (non-hydrogen) atoms. The van der Waals surface area contributed by atoms with E-state index >= 15 is 0 Å². The lowest BCUT2D eigenvalue weighted by atomic mass is 10.1. The largest absolute Gasteiger partial charge is 0.465 e. The van der Waals surface area contributed by atoms with Gasteiger partial charge in [-0.2, -0.15) is 17.2 Å². The number of ether oxygens (including phenoxy) is 2. The van der Waals surface area contributed by atoms with Gasteiger partial charge in [-0.15, -0.1) is 0 Å². The fourth-order valence-electron chi connectivity index (χ4n) is 2.45. The number of carbonyl (C=O) groups excluding carboxylic acids is 2. The van der Waals surface area contributed by atoms with Gasteiger partial charge in [-0.25, -0.2) is 4.79 Å². The third-order valence-electron chi connectivity index (χ3n) is 4.59. The summed E-state index contributed by atoms with van der Waals surface area (Å²) in [5.74, 6) is -2.43. The van der Waals surface area contributed by atoms with E-state index in [0.29, 0.717) is 19.4 Å². The van der Waals surface area contributed by atoms with E-state index in [0.717, 1.165) is 57.8 Å². The Hall–Kier alpha value is -1.29. The molecule has 0 spiro atoms. The third-order valence-corrected chi connectivity index (χ3v) is 5.41. The first-order valence-corrected chi connectivity index (χ1v) is 11.7. The van der Waals surface area contributed by atoms with Crippen LogP contribution < -0.4 is 0 Å². The molecule has 0 saturated heterocycles. The van der Waals surface area contributed by atoms with Crippen LogP contribution >= 0.6 is 0 Å². The molecule has 0 fully saturated rings. The van der Waals surface area contributed by atoms with Crippen molar-refractivity contribution in [2.75, 3.05) is 13.2 Å². The fraction of sp³-hybridized carbons (Fsp3) is 0.895. The zero-order valence-corrected chi connectivity index (χ0v) is 18.1. The lowest BCUT2D eigenvalue weighted by Crippen LogP contribution is -2.39. The molecule has 0 aliphatic carbocycles. The van der Waals surface area contributed by atoms with E-state index in [1.165, 1.54) is 0 Å². The van der Waals surface area contributed by atoms with Crippen LogP contribution in [0.1, 0.15) is 84.5 Å². The Morgan fingerprint density at radius 3 is 1.62 bits per heavy atom. The van der Waals surface area contributed by atoms with Gasteiger partial charge in [0.2, 0.25) is 0 Å². The Balaban J connectivity index is 3.47. The van der Waals surface area contributed by atoms with Crippen LogP contribution in [0.3, 0.4) is 0 Å². The highest BCUT2D eigenvalue weighted by molar-refractivity contribution is 7.87. The van der Waals surface area contributed by atoms with E-state index in [4.69, 9.17) is 9.29 Å². The predicted octanol–water partition coefficient (Wildman–Crippen LogP) is 4.50. The van der Waals surface area contributed by atoms with Crippen LogP contribution in [0.2, 0.25) is 0 Å². The Bertz CT molecular complexity index is 579. The summed E-state index contributed by atoms with van der Waals surface area (Å²) in [5.41, 5.74) is 0. The summed E-state index contributed by atoms with van der Waals surface area (Å²) < 4.78 is 64.2. The summed E-state index contributed by atoms with van der Waals surface area (Å²) >= 11 is 0. The Kier molecular flexibility index (Phi) is 14.0. The second-order valence-corrected chi connectivity index (χ2v) is 8.60. The lowest BCUT2D eigenvalue weighted by Gasteiger charge is -2.11. The van der Waals surface area contributed by atoms with Crippen LogP contribution in [0.15, 0.2) is 0 Å². The molecule has 10 heteroatoms. The molecule has 0 saturated carbocycles. The summed E-state index contributed by atoms with van der Waals surface area (Å²) in [5, 5.41) is -4.93. The first-order valence-electron chi connectivity index (χ1n) is 10.2. The van der Waals surface area contributed by atoms with Crippen molar-refractivity contribution in [1.29, 1.82) is 0 Å². The monoisotopic (exact) mass is 444 g/mol. The van der Waals surface area contributed by atoms with Crippen LogP contribution in [0, 0.1) is 5.92 Å². The zero-order chi connectivity index (χ0) is 22.3. The fourth-order valence-corrected chi connectivity index (χ4v) is 2.72. The minimum Gasteiger partial charge on any atom is -0.465 e. The maximum absolute atomic E-state index is 12.9. The molecule has 0 amide bonds. The van der Waals surface area contributed by atoms with Gasteiger partial charge in [0.1, 0.15) is 0 Å². The van der Waals surface area contributed by atoms with Gasteiger partial charge in [0.05, 0.1) is 19.1 Å². The number of rotatable bonds is 17. The maximum atomic E-state index is 12.9. The molecule has 0 aromatic rings. The SMILES string of the molecule is CCC(C)C(=O)OCCCCCCCCCCCCOC(=O)C(F)(F)S(=O)(=O)O. The van der Waals surface area contributed by atoms with Gasteiger partial charge in [0.15, 0.2) is 0 Å². The molecule has 0 aliphatic rings. The number of unbranched alkanes of at least 4 members (excludes halogenated alkanes) is 9. The highest BCUT2D eigenvalue weighted by Gasteiger charge is 2.54. The van der Waals surface area contributed by atoms with Crippen LogP contribution in [0.5, 0.6) is 0 Å². The molecule has 0 bridgehead atoms. The maximum Gasteiger partial charge on any atom is 0.465 e. The lowest BCUT2D eigenvalue weighted by molar-refractivity contribution is -0.161. The van der Waals surface area contributed by atoms with Crippen LogP contribution in [-0.2, 0) is 29.2 Å². The Morgan fingerprint density at radius 1 is 0.862 bits per heavy atom. The van der Waals surface area contributed by atoms with Crippen molar-refractivity contribution in [3.8, 4) is 0 Å². The molecule has 172 valence electrons. The van der Waals surface area contributed by atoms with Crippen molar-refractivity contribution < 1.29 is 40.8 Å². The van der Waals surface area contributed by atoms with Gasteiger partial charge in [-0.3, -0.25) is 9.35 Å². The van der Waals surface area contributed by atoms with Gasteiger partial charge in [0.25, 0.3) is 0 Å². The van der Waals surface area contributed by atoms with Crippen molar-refractivity contribution in [3.05, 3.63) is 0 Å². The van der Waals surface area contributed by atoms with Crippen molar-refractivity contribution in [2.24, 2.45) is 5.92 Å². The minimum atomic E-state index is -5.81. The second kappa shape index (κ2) is 14.7. The normalized spacial score (nSPS) is 13.1. The summed E-state index contributed by atoms with van der Waals surface area (Å²) in [6.07, 6.45) is 9.85. The summed E-state index contributed by atoms with van der Waals surface area (Å²) in [6.45, 7) is 3.97. The minimum absolute atomic E-state index is 0.0420. The Labute approximate surface area is 172 Å². The van der Waals surface area contributed by atoms with E-state index in [1.807, 2.05) is 13.8 Å². The average Bonchev–Trinajstić information content (AvgIpc) is 2.66. The number of alkyl halides is 2. The van der Waals surface area contributed by atoms with Crippen LogP contribution in [0.4, 0.5) is 8.78 Å². The standard InChI is InChI=1S/C19H34F2O7S/c1-3-16(2)17(22)27-14-12-10-8-6-4-5-7-9-11-13-15-28-18(23)19(20,21)29(24,25)26/h16H,3-15H2,1-2H3,(H,24,25,26). The number of carbonyl (C=O) groups is 2. The van der Waals surface area contributed by atoms with Gasteiger partial charge in [-0.05, 0) is 19.3 Å². The van der Waals surface area contributed by atoms with E-state index < -0.39 is 21.3 Å². The van der Waals surface area contributed by atoms with Crippen molar-refractivity contribution in [3.63, 3.8) is 0 Å². The number of esters is 2. The molecule has 1 N–H and O–H groups in total. The topological polar surface area (TPSA) is 107 Å². The first-order chi connectivity index (χ1) is 13.5. The summed E-state index contributed by atoms with van der Waals surface area (Å²) in [4.78, 5) is 22.4. The number of hydrogen-bond donors (Lipinski definition) is 1. The molecule has 0 aliphatic heterocycles. The second-order valence-electron chi connectivity index (χ2n) is 7.14. The first kappa shape index (κ1) is 27.7. The quantitative estimate of drug-likeness (QED) is 0.200. The van der Waals surface area contributed by atoms with E-state index in [-0.39, 0.29) is 18.5 Å². The highest BCUT2D eigenvalue weighted by atomic mass is 32.2. The van der Waals surface area contributed by atoms with E-state index in [2.05, 4.69) is 4.74 Å². The van der Waals surface area contributed by atoms with Crippen molar-refractivity contribution in [1.82, 2.24) is 0 Å². The number of halogens is 2. The van der Waals surface area contributed by atoms with Gasteiger partial charge in [-0.1, -0.05) is 65.2 Å². The molecule has 0 aromatic heterocycles. The smallest absolute Gasteiger partial charge is 0.465 e. The predicted molar refractivity (Wildman–Crippen MR) is 104 cm³/mol. The molecule has 7 nitrogen and oxygen atoms in total. The molecule has 0 aromatic carbocycles. The number of hydrogen-bond acceptors (Lipinski definition) is 6. The molecular formula is C19H34F2O7S. The van der Waals surface area contributed by atoms with Crippen LogP contribution in [0.25, 0.3) is 0 Å². The molecule has 1 unspecified atom stereocenters. The Morgan fingerprint density at radius 2 is 1.24 bits per heavy atom. The van der Waals surface area contributed by atoms with Crippen molar-refractivity contribution in [2.45, 2.75) is 89.7 Å². The van der Waals surface area contributed by atoms with Gasteiger partial charge in [0, 0.05) is 0 Å². The van der Waals surface area contributed by atoms with Crippen LogP contribution in [-0.4, -0.2) is 43.4 Å². The molecule has 0 radical (unpaired) electrons. The highest BCUT2D eigenvalue weighted by Crippen LogP contribution is 2.22. The third kappa shape index (κ3) is 12.1. The molecular weight excluding hydrogens is 410 g/mol. The van der Waals surface area contributed by atoms with Gasteiger partial charge < -0.3 is 9.47 Å². The van der Waals surface area contributed by atoms with E-state index in [9.17, 15) is 26.8 Å². The molecule has 0 rings (SSSR count). The molecule has 1 atom stereocenters. The summed E-state index contributed by atoms with van der Waals surface area (Å²) in [7, 11) is -5.81.